The van der Waals surface area contributed by atoms with Gasteiger partial charge < -0.3 is 19.9 Å². The summed E-state index contributed by atoms with van der Waals surface area (Å²) in [6.07, 6.45) is 4.88. The molecule has 2 saturated heterocycles. The second-order valence-corrected chi connectivity index (χ2v) is 6.21. The van der Waals surface area contributed by atoms with E-state index >= 15 is 0 Å². The number of hydrogen-bond donors (Lipinski definition) is 2. The number of fused-ring (bicyclic) bond motifs is 1. The molecule has 1 aromatic heterocycles. The van der Waals surface area contributed by atoms with Gasteiger partial charge in [-0.05, 0) is 45.0 Å². The number of rotatable bonds is 2. The number of likely N-dealkylation sites (tertiary alicyclic amines) is 2. The van der Waals surface area contributed by atoms with Crippen molar-refractivity contribution in [3.8, 4) is 0 Å². The molecule has 0 saturated carbocycles. The largest absolute Gasteiger partial charge is 0.396 e. The van der Waals surface area contributed by atoms with Crippen molar-refractivity contribution in [2.24, 2.45) is 5.41 Å². The number of aromatic amines is 1. The molecule has 2 N–H and O–H groups in total. The first-order chi connectivity index (χ1) is 9.66. The zero-order chi connectivity index (χ0) is 14.2. The summed E-state index contributed by atoms with van der Waals surface area (Å²) >= 11 is 0. The fraction of sp³-hybridized carbons (Fsp3) is 0.667. The number of aromatic nitrogens is 1. The lowest BCUT2D eigenvalue weighted by Gasteiger charge is -2.53. The smallest absolute Gasteiger partial charge is 0.270 e. The Bertz CT molecular complexity index is 473. The van der Waals surface area contributed by atoms with Crippen LogP contribution in [0.3, 0.4) is 0 Å². The highest BCUT2D eigenvalue weighted by atomic mass is 16.3. The van der Waals surface area contributed by atoms with E-state index in [9.17, 15) is 9.90 Å². The number of piperidine rings is 2. The van der Waals surface area contributed by atoms with Crippen molar-refractivity contribution in [3.05, 3.63) is 24.0 Å². The van der Waals surface area contributed by atoms with E-state index in [0.29, 0.717) is 5.69 Å². The number of aliphatic hydroxyl groups excluding tert-OH is 1. The lowest BCUT2D eigenvalue weighted by Crippen LogP contribution is -2.62. The van der Waals surface area contributed by atoms with Crippen molar-refractivity contribution < 1.29 is 9.90 Å². The SMILES string of the molecule is CN1CCC[C@]2(CO)CCN(C(=O)c3ccc[nH]3)C[C@@H]12. The zero-order valence-corrected chi connectivity index (χ0v) is 12.0. The summed E-state index contributed by atoms with van der Waals surface area (Å²) in [5, 5.41) is 9.87. The average Bonchev–Trinajstić information content (AvgIpc) is 3.01. The van der Waals surface area contributed by atoms with Crippen molar-refractivity contribution in [3.63, 3.8) is 0 Å². The van der Waals surface area contributed by atoms with Gasteiger partial charge >= 0.3 is 0 Å². The van der Waals surface area contributed by atoms with E-state index in [1.165, 1.54) is 0 Å². The van der Waals surface area contributed by atoms with E-state index in [1.54, 1.807) is 6.20 Å². The van der Waals surface area contributed by atoms with Gasteiger partial charge in [0.2, 0.25) is 0 Å². The predicted molar refractivity (Wildman–Crippen MR) is 76.5 cm³/mol. The Morgan fingerprint density at radius 1 is 1.50 bits per heavy atom. The molecule has 2 aliphatic rings. The van der Waals surface area contributed by atoms with Crippen LogP contribution in [0.15, 0.2) is 18.3 Å². The zero-order valence-electron chi connectivity index (χ0n) is 12.0. The third-order valence-electron chi connectivity index (χ3n) is 5.13. The highest BCUT2D eigenvalue weighted by Gasteiger charge is 2.47. The lowest BCUT2D eigenvalue weighted by atomic mass is 9.69. The lowest BCUT2D eigenvalue weighted by molar-refractivity contribution is -0.0602. The first-order valence-corrected chi connectivity index (χ1v) is 7.40. The fourth-order valence-corrected chi connectivity index (χ4v) is 3.83. The number of carbonyl (C=O) groups is 1. The van der Waals surface area contributed by atoms with Gasteiger partial charge in [-0.15, -0.1) is 0 Å². The van der Waals surface area contributed by atoms with Crippen LogP contribution in [0.25, 0.3) is 0 Å². The molecular weight excluding hydrogens is 254 g/mol. The molecule has 2 aliphatic heterocycles. The van der Waals surface area contributed by atoms with E-state index < -0.39 is 0 Å². The number of amides is 1. The first kappa shape index (κ1) is 13.6. The quantitative estimate of drug-likeness (QED) is 0.845. The molecule has 3 heterocycles. The minimum atomic E-state index is -0.0144. The van der Waals surface area contributed by atoms with Crippen molar-refractivity contribution in [1.82, 2.24) is 14.8 Å². The normalized spacial score (nSPS) is 31.1. The van der Waals surface area contributed by atoms with Crippen LogP contribution in [0.2, 0.25) is 0 Å². The number of hydrogen-bond acceptors (Lipinski definition) is 3. The second kappa shape index (κ2) is 5.22. The maximum atomic E-state index is 12.4. The van der Waals surface area contributed by atoms with Crippen LogP contribution in [-0.4, -0.2) is 65.1 Å². The molecule has 0 aliphatic carbocycles. The Balaban J connectivity index is 1.78. The van der Waals surface area contributed by atoms with E-state index in [-0.39, 0.29) is 24.0 Å². The van der Waals surface area contributed by atoms with Crippen molar-refractivity contribution in [2.75, 3.05) is 33.3 Å². The summed E-state index contributed by atoms with van der Waals surface area (Å²) in [4.78, 5) is 19.7. The molecule has 2 atom stereocenters. The number of nitrogens with zero attached hydrogens (tertiary/aromatic N) is 2. The summed E-state index contributed by atoms with van der Waals surface area (Å²) in [5.74, 6) is 0.0699. The van der Waals surface area contributed by atoms with E-state index in [1.807, 2.05) is 17.0 Å². The summed E-state index contributed by atoms with van der Waals surface area (Å²) in [6.45, 7) is 2.74. The number of aliphatic hydroxyl groups is 1. The standard InChI is InChI=1S/C15H23N3O2/c1-17-8-3-5-15(11-19)6-9-18(10-13(15)17)14(20)12-4-2-7-16-12/h2,4,7,13,16,19H,3,5-6,8-11H2,1H3/t13-,15-/m1/s1. The molecule has 1 amide bonds. The van der Waals surface area contributed by atoms with Gasteiger partial charge in [-0.3, -0.25) is 4.79 Å². The molecule has 5 nitrogen and oxygen atoms in total. The number of H-pyrrole nitrogens is 1. The maximum Gasteiger partial charge on any atom is 0.270 e. The van der Waals surface area contributed by atoms with Gasteiger partial charge in [0.25, 0.3) is 5.91 Å². The monoisotopic (exact) mass is 277 g/mol. The summed E-state index contributed by atoms with van der Waals surface area (Å²) < 4.78 is 0. The molecule has 110 valence electrons. The molecule has 0 radical (unpaired) electrons. The van der Waals surface area contributed by atoms with Gasteiger partial charge in [-0.2, -0.15) is 0 Å². The van der Waals surface area contributed by atoms with Gasteiger partial charge in [0.1, 0.15) is 5.69 Å². The second-order valence-electron chi connectivity index (χ2n) is 6.21. The minimum Gasteiger partial charge on any atom is -0.396 e. The molecular formula is C15H23N3O2. The van der Waals surface area contributed by atoms with E-state index in [4.69, 9.17) is 0 Å². The molecule has 1 aromatic rings. The van der Waals surface area contributed by atoms with Crippen LogP contribution in [-0.2, 0) is 0 Å². The van der Waals surface area contributed by atoms with Crippen molar-refractivity contribution >= 4 is 5.91 Å². The fourth-order valence-electron chi connectivity index (χ4n) is 3.83. The summed E-state index contributed by atoms with van der Waals surface area (Å²) in [6, 6.07) is 3.94. The molecule has 20 heavy (non-hydrogen) atoms. The Kier molecular flexibility index (Phi) is 3.56. The first-order valence-electron chi connectivity index (χ1n) is 7.40. The maximum absolute atomic E-state index is 12.4. The molecule has 0 unspecified atom stereocenters. The summed E-state index contributed by atoms with van der Waals surface area (Å²) in [5.41, 5.74) is 0.638. The van der Waals surface area contributed by atoms with Gasteiger partial charge in [-0.1, -0.05) is 0 Å². The van der Waals surface area contributed by atoms with Crippen LogP contribution in [0.5, 0.6) is 0 Å². The minimum absolute atomic E-state index is 0.0144. The van der Waals surface area contributed by atoms with Crippen LogP contribution in [0, 0.1) is 5.41 Å². The Morgan fingerprint density at radius 3 is 3.05 bits per heavy atom. The van der Waals surface area contributed by atoms with Crippen LogP contribution in [0.4, 0.5) is 0 Å². The number of nitrogens with one attached hydrogen (secondary N) is 1. The highest BCUT2D eigenvalue weighted by Crippen LogP contribution is 2.41. The third-order valence-corrected chi connectivity index (χ3v) is 5.13. The van der Waals surface area contributed by atoms with Gasteiger partial charge in [0.05, 0.1) is 6.61 Å². The molecule has 3 rings (SSSR count). The third kappa shape index (κ3) is 2.15. The van der Waals surface area contributed by atoms with Crippen LogP contribution < -0.4 is 0 Å². The molecule has 2 fully saturated rings. The van der Waals surface area contributed by atoms with Crippen LogP contribution >= 0.6 is 0 Å². The van der Waals surface area contributed by atoms with Crippen molar-refractivity contribution in [1.29, 1.82) is 0 Å². The highest BCUT2D eigenvalue weighted by molar-refractivity contribution is 5.92. The Labute approximate surface area is 119 Å². The Morgan fingerprint density at radius 2 is 2.35 bits per heavy atom. The topological polar surface area (TPSA) is 59.6 Å². The van der Waals surface area contributed by atoms with Gasteiger partial charge in [-0.25, -0.2) is 0 Å². The number of carbonyl (C=O) groups excluding carboxylic acids is 1. The summed E-state index contributed by atoms with van der Waals surface area (Å²) in [7, 11) is 2.11. The molecule has 0 spiro atoms. The average molecular weight is 277 g/mol. The Hall–Kier alpha value is -1.33. The van der Waals surface area contributed by atoms with Crippen LogP contribution in [0.1, 0.15) is 29.8 Å². The van der Waals surface area contributed by atoms with E-state index in [0.717, 1.165) is 38.9 Å². The van der Waals surface area contributed by atoms with Crippen molar-refractivity contribution in [2.45, 2.75) is 25.3 Å². The number of likely N-dealkylation sites (N-methyl/N-ethyl adjacent to an activating group) is 1. The van der Waals surface area contributed by atoms with Gasteiger partial charge in [0, 0.05) is 30.7 Å². The molecule has 5 heteroatoms. The van der Waals surface area contributed by atoms with Gasteiger partial charge in [0.15, 0.2) is 0 Å². The predicted octanol–water partition coefficient (Wildman–Crippen LogP) is 0.933. The van der Waals surface area contributed by atoms with E-state index in [2.05, 4.69) is 16.9 Å². The molecule has 0 bridgehead atoms. The molecule has 0 aromatic carbocycles.